The van der Waals surface area contributed by atoms with Gasteiger partial charge in [-0.05, 0) is 30.4 Å². The molecule has 0 bridgehead atoms. The molecule has 0 saturated carbocycles. The van der Waals surface area contributed by atoms with E-state index in [1.54, 1.807) is 11.7 Å². The smallest absolute Gasteiger partial charge is 0.407 e. The first-order valence-corrected chi connectivity index (χ1v) is 10.1. The molecule has 4 nitrogen and oxygen atoms in total. The number of carbonyl (C=O) groups is 1. The maximum Gasteiger partial charge on any atom is 0.407 e. The standard InChI is InChI=1S/C23H24N2O2S/c1-2-13-23(14-19-9-5-3-6-10-19,15-20-11-7-4-8-12-20)25-22(26)27-17-21-16-24-18-28-21/h2-12,16,18H,1,13-15,17H2,(H,25,26). The molecule has 0 unspecified atom stereocenters. The molecule has 1 amide bonds. The minimum atomic E-state index is -0.519. The number of hydrogen-bond donors (Lipinski definition) is 1. The Morgan fingerprint density at radius 1 is 1.07 bits per heavy atom. The Labute approximate surface area is 169 Å². The van der Waals surface area contributed by atoms with E-state index in [2.05, 4.69) is 41.1 Å². The summed E-state index contributed by atoms with van der Waals surface area (Å²) in [6, 6.07) is 20.3. The van der Waals surface area contributed by atoms with Crippen molar-refractivity contribution in [3.63, 3.8) is 0 Å². The average Bonchev–Trinajstić information content (AvgIpc) is 3.22. The zero-order valence-electron chi connectivity index (χ0n) is 15.7. The number of carbonyl (C=O) groups excluding carboxylic acids is 1. The molecule has 144 valence electrons. The molecule has 1 N–H and O–H groups in total. The Hall–Kier alpha value is -2.92. The van der Waals surface area contributed by atoms with Crippen LogP contribution in [0.4, 0.5) is 4.79 Å². The topological polar surface area (TPSA) is 51.2 Å². The number of amides is 1. The highest BCUT2D eigenvalue weighted by molar-refractivity contribution is 7.09. The van der Waals surface area contributed by atoms with Crippen LogP contribution >= 0.6 is 11.3 Å². The van der Waals surface area contributed by atoms with Gasteiger partial charge in [0.25, 0.3) is 0 Å². The van der Waals surface area contributed by atoms with Crippen LogP contribution in [-0.4, -0.2) is 16.6 Å². The van der Waals surface area contributed by atoms with E-state index in [9.17, 15) is 4.79 Å². The van der Waals surface area contributed by atoms with E-state index in [1.807, 2.05) is 42.5 Å². The summed E-state index contributed by atoms with van der Waals surface area (Å²) < 4.78 is 5.45. The number of ether oxygens (including phenoxy) is 1. The molecule has 0 fully saturated rings. The van der Waals surface area contributed by atoms with Crippen molar-refractivity contribution in [1.29, 1.82) is 0 Å². The highest BCUT2D eigenvalue weighted by Crippen LogP contribution is 2.24. The predicted octanol–water partition coefficient (Wildman–Crippen LogP) is 5.17. The van der Waals surface area contributed by atoms with Gasteiger partial charge in [0, 0.05) is 6.20 Å². The summed E-state index contributed by atoms with van der Waals surface area (Å²) in [7, 11) is 0. The average molecular weight is 393 g/mol. The molecular formula is C23H24N2O2S. The number of hydrogen-bond acceptors (Lipinski definition) is 4. The Kier molecular flexibility index (Phi) is 6.98. The van der Waals surface area contributed by atoms with Gasteiger partial charge in [-0.1, -0.05) is 66.7 Å². The van der Waals surface area contributed by atoms with Crippen molar-refractivity contribution in [2.24, 2.45) is 0 Å². The fourth-order valence-electron chi connectivity index (χ4n) is 3.30. The van der Waals surface area contributed by atoms with E-state index in [0.29, 0.717) is 19.3 Å². The molecule has 0 aliphatic heterocycles. The van der Waals surface area contributed by atoms with Gasteiger partial charge in [0.15, 0.2) is 0 Å². The molecule has 5 heteroatoms. The lowest BCUT2D eigenvalue weighted by Gasteiger charge is -2.34. The minimum Gasteiger partial charge on any atom is -0.444 e. The molecule has 0 aliphatic rings. The monoisotopic (exact) mass is 392 g/mol. The summed E-state index contributed by atoms with van der Waals surface area (Å²) in [5, 5.41) is 3.14. The Morgan fingerprint density at radius 2 is 1.68 bits per heavy atom. The van der Waals surface area contributed by atoms with Crippen LogP contribution in [0.2, 0.25) is 0 Å². The van der Waals surface area contributed by atoms with E-state index < -0.39 is 11.6 Å². The first kappa shape index (κ1) is 19.8. The van der Waals surface area contributed by atoms with Crippen molar-refractivity contribution in [2.75, 3.05) is 0 Å². The molecule has 0 radical (unpaired) electrons. The van der Waals surface area contributed by atoms with Gasteiger partial charge in [0.05, 0.1) is 15.9 Å². The molecule has 0 saturated heterocycles. The normalized spacial score (nSPS) is 11.0. The fraction of sp³-hybridized carbons (Fsp3) is 0.217. The maximum absolute atomic E-state index is 12.6. The van der Waals surface area contributed by atoms with Crippen LogP contribution in [0.1, 0.15) is 22.4 Å². The SMILES string of the molecule is C=CCC(Cc1ccccc1)(Cc1ccccc1)NC(=O)OCc1cncs1. The van der Waals surface area contributed by atoms with Crippen molar-refractivity contribution in [1.82, 2.24) is 10.3 Å². The van der Waals surface area contributed by atoms with Crippen molar-refractivity contribution in [3.8, 4) is 0 Å². The lowest BCUT2D eigenvalue weighted by Crippen LogP contribution is -2.51. The van der Waals surface area contributed by atoms with Crippen LogP contribution in [0, 0.1) is 0 Å². The summed E-state index contributed by atoms with van der Waals surface area (Å²) in [5.74, 6) is 0. The lowest BCUT2D eigenvalue weighted by atomic mass is 9.82. The molecule has 2 aromatic carbocycles. The Balaban J connectivity index is 1.80. The van der Waals surface area contributed by atoms with E-state index in [4.69, 9.17) is 4.74 Å². The van der Waals surface area contributed by atoms with Crippen LogP contribution in [-0.2, 0) is 24.2 Å². The molecule has 3 aromatic rings. The number of thiazole rings is 1. The fourth-order valence-corrected chi connectivity index (χ4v) is 3.80. The summed E-state index contributed by atoms with van der Waals surface area (Å²) in [6.07, 6.45) is 5.14. The van der Waals surface area contributed by atoms with Gasteiger partial charge in [-0.3, -0.25) is 4.98 Å². The van der Waals surface area contributed by atoms with E-state index in [0.717, 1.165) is 16.0 Å². The first-order valence-electron chi connectivity index (χ1n) is 9.20. The van der Waals surface area contributed by atoms with E-state index in [1.165, 1.54) is 11.3 Å². The second-order valence-corrected chi connectivity index (χ2v) is 7.74. The van der Waals surface area contributed by atoms with E-state index in [-0.39, 0.29) is 6.61 Å². The predicted molar refractivity (Wildman–Crippen MR) is 113 cm³/mol. The maximum atomic E-state index is 12.6. The second-order valence-electron chi connectivity index (χ2n) is 6.77. The van der Waals surface area contributed by atoms with Gasteiger partial charge in [0.2, 0.25) is 0 Å². The van der Waals surface area contributed by atoms with Crippen molar-refractivity contribution < 1.29 is 9.53 Å². The number of alkyl carbamates (subject to hydrolysis) is 1. The number of benzene rings is 2. The van der Waals surface area contributed by atoms with Crippen molar-refractivity contribution in [2.45, 2.75) is 31.4 Å². The first-order chi connectivity index (χ1) is 13.7. The van der Waals surface area contributed by atoms with Gasteiger partial charge in [-0.2, -0.15) is 0 Å². The highest BCUT2D eigenvalue weighted by atomic mass is 32.1. The van der Waals surface area contributed by atoms with Crippen LogP contribution in [0.3, 0.4) is 0 Å². The molecule has 0 atom stereocenters. The zero-order chi connectivity index (χ0) is 19.7. The van der Waals surface area contributed by atoms with Crippen molar-refractivity contribution in [3.05, 3.63) is 101 Å². The summed E-state index contributed by atoms with van der Waals surface area (Å²) in [6.45, 7) is 4.14. The van der Waals surface area contributed by atoms with Gasteiger partial charge in [-0.25, -0.2) is 4.79 Å². The molecule has 3 rings (SSSR count). The molecule has 0 aliphatic carbocycles. The molecular weight excluding hydrogens is 368 g/mol. The van der Waals surface area contributed by atoms with Crippen LogP contribution < -0.4 is 5.32 Å². The van der Waals surface area contributed by atoms with Crippen LogP contribution in [0.15, 0.2) is 85.0 Å². The number of aromatic nitrogens is 1. The zero-order valence-corrected chi connectivity index (χ0v) is 16.5. The molecule has 28 heavy (non-hydrogen) atoms. The van der Waals surface area contributed by atoms with Crippen LogP contribution in [0.5, 0.6) is 0 Å². The quantitative estimate of drug-likeness (QED) is 0.511. The largest absolute Gasteiger partial charge is 0.444 e. The number of rotatable bonds is 9. The third-order valence-electron chi connectivity index (χ3n) is 4.50. The highest BCUT2D eigenvalue weighted by Gasteiger charge is 2.32. The molecule has 1 heterocycles. The van der Waals surface area contributed by atoms with E-state index >= 15 is 0 Å². The Morgan fingerprint density at radius 3 is 2.18 bits per heavy atom. The summed E-state index contributed by atoms with van der Waals surface area (Å²) in [5.41, 5.74) is 3.52. The van der Waals surface area contributed by atoms with Gasteiger partial charge < -0.3 is 10.1 Å². The van der Waals surface area contributed by atoms with Crippen LogP contribution in [0.25, 0.3) is 0 Å². The summed E-state index contributed by atoms with van der Waals surface area (Å²) in [4.78, 5) is 17.5. The van der Waals surface area contributed by atoms with Gasteiger partial charge >= 0.3 is 6.09 Å². The number of nitrogens with one attached hydrogen (secondary N) is 1. The summed E-state index contributed by atoms with van der Waals surface area (Å²) >= 11 is 1.47. The third kappa shape index (κ3) is 5.79. The molecule has 1 aromatic heterocycles. The van der Waals surface area contributed by atoms with Crippen molar-refractivity contribution >= 4 is 17.4 Å². The Bertz CT molecular complexity index is 823. The van der Waals surface area contributed by atoms with Gasteiger partial charge in [-0.15, -0.1) is 17.9 Å². The number of nitrogens with zero attached hydrogens (tertiary/aromatic N) is 1. The lowest BCUT2D eigenvalue weighted by molar-refractivity contribution is 0.126. The molecule has 0 spiro atoms. The van der Waals surface area contributed by atoms with Gasteiger partial charge in [0.1, 0.15) is 6.61 Å². The third-order valence-corrected chi connectivity index (χ3v) is 5.26. The minimum absolute atomic E-state index is 0.220. The second kappa shape index (κ2) is 9.85.